The number of nitrogens with two attached hydrogens (primary N) is 1. The lowest BCUT2D eigenvalue weighted by molar-refractivity contribution is -0.129. The third kappa shape index (κ3) is 4.03. The maximum absolute atomic E-state index is 12.8. The zero-order valence-electron chi connectivity index (χ0n) is 16.0. The number of thiocarbonyl (C=S) groups is 1. The molecule has 4 rings (SSSR count). The van der Waals surface area contributed by atoms with Crippen molar-refractivity contribution in [3.63, 3.8) is 0 Å². The second-order valence-corrected chi connectivity index (χ2v) is 8.29. The number of nitrogens with one attached hydrogen (secondary N) is 3. The molecule has 0 aromatic heterocycles. The Balaban J connectivity index is 1.42. The number of likely N-dealkylation sites (tertiary alicyclic amines) is 1. The van der Waals surface area contributed by atoms with E-state index in [0.717, 1.165) is 48.3 Å². The van der Waals surface area contributed by atoms with Gasteiger partial charge in [-0.25, -0.2) is 0 Å². The first-order valence-electron chi connectivity index (χ1n) is 9.87. The molecule has 2 aromatic carbocycles. The van der Waals surface area contributed by atoms with Gasteiger partial charge in [0.05, 0.1) is 11.2 Å². The molecule has 148 valence electrons. The van der Waals surface area contributed by atoms with Crippen LogP contribution in [0.3, 0.4) is 0 Å². The van der Waals surface area contributed by atoms with E-state index in [1.54, 1.807) is 0 Å². The molecule has 2 saturated heterocycles. The van der Waals surface area contributed by atoms with Gasteiger partial charge in [0.15, 0.2) is 0 Å². The SMILES string of the molecule is CC1CCN(C2NC(=O)C(C(=S)Nc3ccc4ccccc4c3)C(N)N2)CC1. The van der Waals surface area contributed by atoms with E-state index in [4.69, 9.17) is 18.0 Å². The van der Waals surface area contributed by atoms with Gasteiger partial charge in [-0.2, -0.15) is 0 Å². The van der Waals surface area contributed by atoms with Crippen molar-refractivity contribution in [2.24, 2.45) is 17.6 Å². The monoisotopic (exact) mass is 397 g/mol. The summed E-state index contributed by atoms with van der Waals surface area (Å²) in [5.41, 5.74) is 7.17. The molecule has 2 aliphatic heterocycles. The van der Waals surface area contributed by atoms with Crippen LogP contribution in [0.25, 0.3) is 10.8 Å². The van der Waals surface area contributed by atoms with Crippen LogP contribution in [0.2, 0.25) is 0 Å². The zero-order chi connectivity index (χ0) is 19.7. The number of piperidine rings is 1. The molecule has 2 fully saturated rings. The highest BCUT2D eigenvalue weighted by Crippen LogP contribution is 2.22. The number of anilines is 1. The van der Waals surface area contributed by atoms with Gasteiger partial charge in [0.1, 0.15) is 12.2 Å². The van der Waals surface area contributed by atoms with E-state index in [0.29, 0.717) is 4.99 Å². The lowest BCUT2D eigenvalue weighted by atomic mass is 9.98. The number of fused-ring (bicyclic) bond motifs is 1. The van der Waals surface area contributed by atoms with Crippen molar-refractivity contribution in [2.45, 2.75) is 32.2 Å². The summed E-state index contributed by atoms with van der Waals surface area (Å²) in [7, 11) is 0. The molecular weight excluding hydrogens is 370 g/mol. The number of benzene rings is 2. The molecule has 1 amide bonds. The Hall–Kier alpha value is -2.06. The first-order valence-corrected chi connectivity index (χ1v) is 10.3. The second kappa shape index (κ2) is 8.13. The Morgan fingerprint density at radius 3 is 2.61 bits per heavy atom. The Morgan fingerprint density at radius 1 is 1.18 bits per heavy atom. The van der Waals surface area contributed by atoms with E-state index in [2.05, 4.69) is 33.8 Å². The summed E-state index contributed by atoms with van der Waals surface area (Å²) in [6, 6.07) is 14.1. The summed E-state index contributed by atoms with van der Waals surface area (Å²) in [6.45, 7) is 4.18. The topological polar surface area (TPSA) is 82.4 Å². The molecular formula is C21H27N5OS. The van der Waals surface area contributed by atoms with Crippen molar-refractivity contribution in [3.8, 4) is 0 Å². The lowest BCUT2D eigenvalue weighted by Crippen LogP contribution is -2.71. The van der Waals surface area contributed by atoms with Gasteiger partial charge in [-0.15, -0.1) is 0 Å². The third-order valence-electron chi connectivity index (χ3n) is 5.75. The normalized spacial score (nSPS) is 26.8. The molecule has 7 heteroatoms. The summed E-state index contributed by atoms with van der Waals surface area (Å²) in [5.74, 6) is -0.00899. The molecule has 28 heavy (non-hydrogen) atoms. The number of hydrogen-bond donors (Lipinski definition) is 4. The largest absolute Gasteiger partial charge is 0.349 e. The standard InChI is InChI=1S/C21H27N5OS/c1-13-8-10-26(11-9-13)21-24-18(22)17(19(27)25-21)20(28)23-16-7-6-14-4-2-3-5-15(14)12-16/h2-7,12-13,17-18,21,24H,8-11,22H2,1H3,(H,23,28)(H,25,27). The van der Waals surface area contributed by atoms with E-state index in [1.165, 1.54) is 0 Å². The second-order valence-electron chi connectivity index (χ2n) is 7.85. The van der Waals surface area contributed by atoms with E-state index in [-0.39, 0.29) is 12.2 Å². The summed E-state index contributed by atoms with van der Waals surface area (Å²) in [6.07, 6.45) is 1.51. The molecule has 0 radical (unpaired) electrons. The van der Waals surface area contributed by atoms with Gasteiger partial charge in [0.2, 0.25) is 5.91 Å². The highest BCUT2D eigenvalue weighted by Gasteiger charge is 2.39. The number of rotatable bonds is 3. The van der Waals surface area contributed by atoms with Crippen LogP contribution in [0, 0.1) is 11.8 Å². The van der Waals surface area contributed by atoms with Crippen LogP contribution in [0.15, 0.2) is 42.5 Å². The summed E-state index contributed by atoms with van der Waals surface area (Å²) < 4.78 is 0. The van der Waals surface area contributed by atoms with Gasteiger partial charge in [-0.1, -0.05) is 49.5 Å². The number of carbonyl (C=O) groups is 1. The maximum Gasteiger partial charge on any atom is 0.235 e. The average molecular weight is 398 g/mol. The van der Waals surface area contributed by atoms with Crippen molar-refractivity contribution in [1.82, 2.24) is 15.5 Å². The fourth-order valence-corrected chi connectivity index (χ4v) is 4.33. The molecule has 3 atom stereocenters. The lowest BCUT2D eigenvalue weighted by Gasteiger charge is -2.43. The maximum atomic E-state index is 12.8. The smallest absolute Gasteiger partial charge is 0.235 e. The summed E-state index contributed by atoms with van der Waals surface area (Å²) >= 11 is 5.54. The van der Waals surface area contributed by atoms with Gasteiger partial charge in [-0.3, -0.25) is 15.0 Å². The van der Waals surface area contributed by atoms with Gasteiger partial charge in [-0.05, 0) is 41.7 Å². The van der Waals surface area contributed by atoms with Crippen LogP contribution < -0.4 is 21.7 Å². The molecule has 0 saturated carbocycles. The molecule has 2 aliphatic rings. The quantitative estimate of drug-likeness (QED) is 0.595. The Morgan fingerprint density at radius 2 is 1.89 bits per heavy atom. The minimum Gasteiger partial charge on any atom is -0.349 e. The molecule has 6 nitrogen and oxygen atoms in total. The first kappa shape index (κ1) is 19.3. The Bertz CT molecular complexity index is 880. The molecule has 5 N–H and O–H groups in total. The van der Waals surface area contributed by atoms with Crippen LogP contribution in [-0.4, -0.2) is 41.3 Å². The van der Waals surface area contributed by atoms with E-state index >= 15 is 0 Å². The van der Waals surface area contributed by atoms with Crippen LogP contribution in [0.4, 0.5) is 5.69 Å². The van der Waals surface area contributed by atoms with Crippen LogP contribution in [0.1, 0.15) is 19.8 Å². The van der Waals surface area contributed by atoms with Crippen LogP contribution in [0.5, 0.6) is 0 Å². The summed E-state index contributed by atoms with van der Waals surface area (Å²) in [5, 5.41) is 11.8. The predicted octanol–water partition coefficient (Wildman–Crippen LogP) is 2.21. The summed E-state index contributed by atoms with van der Waals surface area (Å²) in [4.78, 5) is 15.5. The van der Waals surface area contributed by atoms with Crippen LogP contribution >= 0.6 is 12.2 Å². The van der Waals surface area contributed by atoms with Crippen LogP contribution in [-0.2, 0) is 4.79 Å². The van der Waals surface area contributed by atoms with Crippen molar-refractivity contribution in [2.75, 3.05) is 18.4 Å². The average Bonchev–Trinajstić information content (AvgIpc) is 2.68. The van der Waals surface area contributed by atoms with Crippen molar-refractivity contribution < 1.29 is 4.79 Å². The van der Waals surface area contributed by atoms with Crippen molar-refractivity contribution in [3.05, 3.63) is 42.5 Å². The first-order chi connectivity index (χ1) is 13.5. The minimum atomic E-state index is -0.610. The molecule has 2 aromatic rings. The predicted molar refractivity (Wildman–Crippen MR) is 117 cm³/mol. The van der Waals surface area contributed by atoms with Crippen molar-refractivity contribution in [1.29, 1.82) is 0 Å². The molecule has 2 heterocycles. The third-order valence-corrected chi connectivity index (χ3v) is 6.11. The molecule has 0 spiro atoms. The Labute approximate surface area is 170 Å². The molecule has 0 bridgehead atoms. The fourth-order valence-electron chi connectivity index (χ4n) is 3.96. The van der Waals surface area contributed by atoms with Gasteiger partial charge in [0, 0.05) is 18.8 Å². The van der Waals surface area contributed by atoms with E-state index in [1.807, 2.05) is 36.4 Å². The van der Waals surface area contributed by atoms with Gasteiger partial charge in [0.25, 0.3) is 0 Å². The van der Waals surface area contributed by atoms with Gasteiger partial charge >= 0.3 is 0 Å². The number of hydrogen-bond acceptors (Lipinski definition) is 5. The minimum absolute atomic E-state index is 0.131. The zero-order valence-corrected chi connectivity index (χ0v) is 16.8. The highest BCUT2D eigenvalue weighted by atomic mass is 32.1. The Kier molecular flexibility index (Phi) is 5.59. The molecule has 3 unspecified atom stereocenters. The van der Waals surface area contributed by atoms with Gasteiger partial charge < -0.3 is 16.4 Å². The van der Waals surface area contributed by atoms with E-state index < -0.39 is 12.1 Å². The molecule has 0 aliphatic carbocycles. The van der Waals surface area contributed by atoms with Crippen molar-refractivity contribution >= 4 is 39.6 Å². The number of nitrogens with zero attached hydrogens (tertiary/aromatic N) is 1. The fraction of sp³-hybridized carbons (Fsp3) is 0.429. The van der Waals surface area contributed by atoms with E-state index in [9.17, 15) is 4.79 Å². The highest BCUT2D eigenvalue weighted by molar-refractivity contribution is 7.80. The number of carbonyl (C=O) groups excluding carboxylic acids is 1. The number of amides is 1.